The first-order chi connectivity index (χ1) is 37.9. The Kier molecular flexibility index (Phi) is 13.8. The molecular formula is C74H96N2O5. The standard InChI is InChI=1S/C37H47NO3.C37H49NO2/c1-24-26-13-14-29-35(4,27(26)21-28(39)31(24)40)18-20-37(6)30-22-34(3,16-15-33(30,2)17-19-36(29,37)5)32(41)38(7)23-25-11-9-8-10-12-25;1-25-27-13-14-30-35(4,28(27)21-29(39)32(25)40)18-20-37(6)31-22-33(2,15-16-34(31,3)17-19-36(30,37)5)24-38(7)23-26-11-9-8-10-12-26/h8-14,21,30,40H,15-20,22-23H2,1-7H3;8-14,21,31,40H,15-20,22-24H2,1-7H3/t30-,33-,34-,35+,36-,37+;31-,33-,34-,35+,36-,37+/m11/s1. The summed E-state index contributed by atoms with van der Waals surface area (Å²) in [5.74, 6) is 0.671. The monoisotopic (exact) mass is 1090 g/mol. The summed E-state index contributed by atoms with van der Waals surface area (Å²) >= 11 is 0. The highest BCUT2D eigenvalue weighted by Crippen LogP contribution is 2.77. The van der Waals surface area contributed by atoms with Crippen molar-refractivity contribution in [2.45, 2.75) is 186 Å². The molecule has 0 aliphatic heterocycles. The third-order valence-corrected chi connectivity index (χ3v) is 25.9. The predicted octanol–water partition coefficient (Wildman–Crippen LogP) is 17.0. The first-order valence-corrected chi connectivity index (χ1v) is 31.2. The number of fused-ring (bicyclic) bond motifs is 14. The first-order valence-electron chi connectivity index (χ1n) is 31.2. The summed E-state index contributed by atoms with van der Waals surface area (Å²) in [7, 11) is 4.27. The number of rotatable bonds is 7. The average molecular weight is 1090 g/mol. The molecule has 7 nitrogen and oxygen atoms in total. The van der Waals surface area contributed by atoms with Gasteiger partial charge in [-0.15, -0.1) is 0 Å². The molecule has 0 unspecified atom stereocenters. The molecule has 0 bridgehead atoms. The van der Waals surface area contributed by atoms with E-state index in [0.717, 1.165) is 92.3 Å². The van der Waals surface area contributed by atoms with Gasteiger partial charge in [-0.05, 0) is 206 Å². The van der Waals surface area contributed by atoms with Gasteiger partial charge in [0.2, 0.25) is 17.5 Å². The van der Waals surface area contributed by atoms with Gasteiger partial charge in [0.15, 0.2) is 11.5 Å². The molecule has 1 amide bonds. The minimum Gasteiger partial charge on any atom is -0.504 e. The number of benzene rings is 2. The van der Waals surface area contributed by atoms with Gasteiger partial charge in [0.05, 0.1) is 0 Å². The normalized spacial score (nSPS) is 40.3. The van der Waals surface area contributed by atoms with Gasteiger partial charge in [-0.25, -0.2) is 0 Å². The summed E-state index contributed by atoms with van der Waals surface area (Å²) in [4.78, 5) is 44.2. The summed E-state index contributed by atoms with van der Waals surface area (Å²) in [6, 6.07) is 21.2. The fraction of sp³-hybridized carbons (Fsp3) is 0.581. The maximum atomic E-state index is 14.1. The molecule has 0 aromatic heterocycles. The lowest BCUT2D eigenvalue weighted by molar-refractivity contribution is -0.174. The van der Waals surface area contributed by atoms with Crippen LogP contribution in [0.15, 0.2) is 153 Å². The van der Waals surface area contributed by atoms with Crippen LogP contribution in [0.2, 0.25) is 0 Å². The number of carbonyl (C=O) groups is 3. The molecule has 0 spiro atoms. The maximum Gasteiger partial charge on any atom is 0.228 e. The number of allylic oxidation sites excluding steroid dienone is 14. The molecule has 12 atom stereocenters. The number of aliphatic hydroxyl groups excluding tert-OH is 2. The van der Waals surface area contributed by atoms with Gasteiger partial charge in [0, 0.05) is 54.1 Å². The Morgan fingerprint density at radius 2 is 0.938 bits per heavy atom. The van der Waals surface area contributed by atoms with Crippen LogP contribution in [0.1, 0.15) is 184 Å². The smallest absolute Gasteiger partial charge is 0.228 e. The lowest BCUT2D eigenvalue weighted by Gasteiger charge is -2.70. The van der Waals surface area contributed by atoms with Crippen molar-refractivity contribution in [1.29, 1.82) is 0 Å². The van der Waals surface area contributed by atoms with Gasteiger partial charge in [-0.3, -0.25) is 14.4 Å². The fourth-order valence-electron chi connectivity index (χ4n) is 20.3. The molecule has 0 radical (unpaired) electrons. The molecule has 2 aromatic carbocycles. The van der Waals surface area contributed by atoms with E-state index >= 15 is 0 Å². The van der Waals surface area contributed by atoms with E-state index < -0.39 is 0 Å². The molecule has 0 heterocycles. The van der Waals surface area contributed by atoms with E-state index in [9.17, 15) is 24.6 Å². The van der Waals surface area contributed by atoms with Crippen LogP contribution in [0.3, 0.4) is 0 Å². The van der Waals surface area contributed by atoms with Crippen LogP contribution in [-0.2, 0) is 27.5 Å². The molecule has 6 fully saturated rings. The average Bonchev–Trinajstić information content (AvgIpc) is 3.08. The maximum absolute atomic E-state index is 14.1. The number of hydrogen-bond donors (Lipinski definition) is 2. The molecule has 10 aliphatic rings. The van der Waals surface area contributed by atoms with Gasteiger partial charge in [0.25, 0.3) is 0 Å². The summed E-state index contributed by atoms with van der Waals surface area (Å²) in [5.41, 5.74) is 11.7. The Balaban J connectivity index is 0.000000170. The van der Waals surface area contributed by atoms with Gasteiger partial charge in [0.1, 0.15) is 0 Å². The summed E-state index contributed by atoms with van der Waals surface area (Å²) in [5, 5.41) is 20.8. The van der Waals surface area contributed by atoms with Crippen molar-refractivity contribution in [1.82, 2.24) is 9.80 Å². The van der Waals surface area contributed by atoms with Crippen molar-refractivity contribution in [3.05, 3.63) is 164 Å². The van der Waals surface area contributed by atoms with Crippen LogP contribution in [0.4, 0.5) is 0 Å². The molecule has 2 N–H and O–H groups in total. The second-order valence-electron chi connectivity index (χ2n) is 30.8. The number of aliphatic hydroxyl groups is 2. The van der Waals surface area contributed by atoms with Gasteiger partial charge < -0.3 is 20.0 Å². The molecule has 432 valence electrons. The molecule has 6 saturated carbocycles. The number of hydrogen-bond acceptors (Lipinski definition) is 6. The van der Waals surface area contributed by atoms with Gasteiger partial charge in [-0.1, -0.05) is 165 Å². The Hall–Kier alpha value is -5.27. The van der Waals surface area contributed by atoms with E-state index in [-0.39, 0.29) is 72.3 Å². The van der Waals surface area contributed by atoms with Crippen LogP contribution in [-0.4, -0.2) is 58.1 Å². The quantitative estimate of drug-likeness (QED) is 0.287. The Morgan fingerprint density at radius 1 is 0.519 bits per heavy atom. The van der Waals surface area contributed by atoms with Crippen molar-refractivity contribution < 1.29 is 24.6 Å². The molecular weight excluding hydrogens is 997 g/mol. The molecule has 81 heavy (non-hydrogen) atoms. The van der Waals surface area contributed by atoms with E-state index in [1.165, 1.54) is 60.8 Å². The SMILES string of the molecule is CC1=C(O)C(=O)C=C2C1=CC=C1[C@@]2(C)CC[C@@]2(C)[C@@H]3C[C@](C)(C(=O)N(C)Cc4ccccc4)CC[C@]3(C)CC[C@]12C.CC1=C(O)C(=O)C=C2C1=CC=C1[C@@]2(C)CC[C@@]2(C)[C@@H]3C[C@](C)(CN(C)Cc4ccccc4)CC[C@]3(C)CC[C@]12C. The fourth-order valence-corrected chi connectivity index (χ4v) is 20.3. The number of ketones is 2. The minimum atomic E-state index is -0.374. The van der Waals surface area contributed by atoms with Gasteiger partial charge >= 0.3 is 0 Å². The number of amides is 1. The predicted molar refractivity (Wildman–Crippen MR) is 328 cm³/mol. The highest BCUT2D eigenvalue weighted by molar-refractivity contribution is 6.07. The second kappa shape index (κ2) is 19.4. The van der Waals surface area contributed by atoms with E-state index in [0.29, 0.717) is 34.8 Å². The van der Waals surface area contributed by atoms with Crippen LogP contribution in [0, 0.1) is 66.0 Å². The largest absolute Gasteiger partial charge is 0.504 e. The van der Waals surface area contributed by atoms with Crippen molar-refractivity contribution in [3.63, 3.8) is 0 Å². The van der Waals surface area contributed by atoms with Crippen LogP contribution >= 0.6 is 0 Å². The van der Waals surface area contributed by atoms with Crippen LogP contribution in [0.25, 0.3) is 0 Å². The first kappa shape index (κ1) is 57.5. The van der Waals surface area contributed by atoms with E-state index in [4.69, 9.17) is 0 Å². The Bertz CT molecular complexity index is 3240. The zero-order valence-electron chi connectivity index (χ0n) is 51.9. The Labute approximate surface area is 486 Å². The van der Waals surface area contributed by atoms with Crippen molar-refractivity contribution in [2.75, 3.05) is 20.6 Å². The third-order valence-electron chi connectivity index (χ3n) is 25.9. The summed E-state index contributed by atoms with van der Waals surface area (Å²) in [6.07, 6.45) is 28.5. The van der Waals surface area contributed by atoms with E-state index in [1.54, 1.807) is 12.2 Å². The van der Waals surface area contributed by atoms with E-state index in [2.05, 4.69) is 148 Å². The number of nitrogens with zero attached hydrogens (tertiary/aromatic N) is 2. The zero-order valence-corrected chi connectivity index (χ0v) is 51.9. The van der Waals surface area contributed by atoms with Crippen LogP contribution in [0.5, 0.6) is 0 Å². The molecule has 0 saturated heterocycles. The van der Waals surface area contributed by atoms with Crippen molar-refractivity contribution >= 4 is 17.5 Å². The zero-order chi connectivity index (χ0) is 58.3. The highest BCUT2D eigenvalue weighted by Gasteiger charge is 2.69. The Morgan fingerprint density at radius 3 is 1.41 bits per heavy atom. The van der Waals surface area contributed by atoms with Crippen molar-refractivity contribution in [3.8, 4) is 0 Å². The lowest BCUT2D eigenvalue weighted by Crippen LogP contribution is -2.62. The van der Waals surface area contributed by atoms with E-state index in [1.807, 2.05) is 44.0 Å². The lowest BCUT2D eigenvalue weighted by atomic mass is 9.34. The molecule has 12 rings (SSSR count). The minimum absolute atomic E-state index is 0.0373. The molecule has 7 heteroatoms. The summed E-state index contributed by atoms with van der Waals surface area (Å²) in [6.45, 7) is 31.3. The third kappa shape index (κ3) is 8.65. The molecule has 10 aliphatic carbocycles. The topological polar surface area (TPSA) is 98.1 Å². The second-order valence-corrected chi connectivity index (χ2v) is 30.8. The number of carbonyl (C=O) groups excluding carboxylic acids is 3. The van der Waals surface area contributed by atoms with Gasteiger partial charge in [-0.2, -0.15) is 0 Å². The summed E-state index contributed by atoms with van der Waals surface area (Å²) < 4.78 is 0. The van der Waals surface area contributed by atoms with Crippen molar-refractivity contribution in [2.24, 2.45) is 66.0 Å². The molecule has 2 aromatic rings. The van der Waals surface area contributed by atoms with Crippen LogP contribution < -0.4 is 0 Å². The highest BCUT2D eigenvalue weighted by atomic mass is 16.3.